The van der Waals surface area contributed by atoms with Gasteiger partial charge in [0.15, 0.2) is 0 Å². The summed E-state index contributed by atoms with van der Waals surface area (Å²) in [4.78, 5) is 7.04. The maximum Gasteiger partial charge on any atom is 0.0686 e. The zero-order valence-corrected chi connectivity index (χ0v) is 14.7. The summed E-state index contributed by atoms with van der Waals surface area (Å²) >= 11 is 7.04. The van der Waals surface area contributed by atoms with Crippen LogP contribution in [0.2, 0.25) is 0 Å². The van der Waals surface area contributed by atoms with Crippen LogP contribution < -0.4 is 5.32 Å². The molecule has 1 N–H and O–H groups in total. The SMILES string of the molecule is Brc1cnc(CN2CCC3(CCNC3)C2)c(Br)c1.Cl. The quantitative estimate of drug-likeness (QED) is 0.810. The van der Waals surface area contributed by atoms with E-state index in [0.717, 1.165) is 21.2 Å². The number of hydrogen-bond donors (Lipinski definition) is 1. The van der Waals surface area contributed by atoms with Crippen LogP contribution in [0.5, 0.6) is 0 Å². The topological polar surface area (TPSA) is 28.2 Å². The number of rotatable bonds is 2. The van der Waals surface area contributed by atoms with Gasteiger partial charge in [-0.15, -0.1) is 12.4 Å². The highest BCUT2D eigenvalue weighted by Gasteiger charge is 2.40. The van der Waals surface area contributed by atoms with Crippen molar-refractivity contribution in [2.45, 2.75) is 19.4 Å². The molecule has 0 bridgehead atoms. The van der Waals surface area contributed by atoms with Crippen LogP contribution >= 0.6 is 44.3 Å². The highest BCUT2D eigenvalue weighted by molar-refractivity contribution is 9.11. The van der Waals surface area contributed by atoms with Gasteiger partial charge in [-0.25, -0.2) is 0 Å². The van der Waals surface area contributed by atoms with Gasteiger partial charge in [0.25, 0.3) is 0 Å². The largest absolute Gasteiger partial charge is 0.316 e. The van der Waals surface area contributed by atoms with Crippen molar-refractivity contribution in [2.24, 2.45) is 5.41 Å². The van der Waals surface area contributed by atoms with Crippen LogP contribution in [0, 0.1) is 5.41 Å². The maximum atomic E-state index is 4.51. The molecular weight excluding hydrogens is 393 g/mol. The van der Waals surface area contributed by atoms with E-state index in [9.17, 15) is 0 Å². The Hall–Kier alpha value is 0.320. The molecule has 0 aliphatic carbocycles. The molecule has 0 radical (unpaired) electrons. The first-order valence-electron chi connectivity index (χ1n) is 6.40. The van der Waals surface area contributed by atoms with Crippen molar-refractivity contribution >= 4 is 44.3 Å². The van der Waals surface area contributed by atoms with Gasteiger partial charge in [0, 0.05) is 34.8 Å². The van der Waals surface area contributed by atoms with Gasteiger partial charge in [0.05, 0.1) is 5.69 Å². The summed E-state index contributed by atoms with van der Waals surface area (Å²) in [6.07, 6.45) is 4.54. The zero-order valence-electron chi connectivity index (χ0n) is 10.7. The Kier molecular flexibility index (Phi) is 5.28. The molecule has 1 atom stereocenters. The summed E-state index contributed by atoms with van der Waals surface area (Å²) < 4.78 is 2.12. The summed E-state index contributed by atoms with van der Waals surface area (Å²) in [5.41, 5.74) is 1.68. The summed E-state index contributed by atoms with van der Waals surface area (Å²) in [6, 6.07) is 2.07. The van der Waals surface area contributed by atoms with Crippen LogP contribution in [-0.2, 0) is 6.54 Å². The normalized spacial score (nSPS) is 26.8. The molecule has 3 rings (SSSR count). The minimum absolute atomic E-state index is 0. The Labute approximate surface area is 137 Å². The van der Waals surface area contributed by atoms with Crippen molar-refractivity contribution in [1.29, 1.82) is 0 Å². The van der Waals surface area contributed by atoms with Crippen molar-refractivity contribution in [1.82, 2.24) is 15.2 Å². The van der Waals surface area contributed by atoms with Crippen LogP contribution in [0.15, 0.2) is 21.2 Å². The van der Waals surface area contributed by atoms with Crippen molar-refractivity contribution < 1.29 is 0 Å². The second-order valence-electron chi connectivity index (χ2n) is 5.47. The molecule has 1 aromatic rings. The van der Waals surface area contributed by atoms with Gasteiger partial charge in [-0.05, 0) is 69.3 Å². The van der Waals surface area contributed by atoms with E-state index in [4.69, 9.17) is 0 Å². The fraction of sp³-hybridized carbons (Fsp3) is 0.615. The van der Waals surface area contributed by atoms with Gasteiger partial charge in [-0.3, -0.25) is 9.88 Å². The van der Waals surface area contributed by atoms with E-state index < -0.39 is 0 Å². The molecule has 3 nitrogen and oxygen atoms in total. The van der Waals surface area contributed by atoms with Crippen molar-refractivity contribution in [3.63, 3.8) is 0 Å². The molecule has 19 heavy (non-hydrogen) atoms. The predicted octanol–water partition coefficient (Wildman–Crippen LogP) is 3.21. The van der Waals surface area contributed by atoms with Gasteiger partial charge in [0.2, 0.25) is 0 Å². The number of aromatic nitrogens is 1. The van der Waals surface area contributed by atoms with E-state index in [1.54, 1.807) is 0 Å². The number of nitrogens with zero attached hydrogens (tertiary/aromatic N) is 2. The first-order valence-corrected chi connectivity index (χ1v) is 7.99. The molecule has 6 heteroatoms. The third-order valence-corrected chi connectivity index (χ3v) is 5.23. The summed E-state index contributed by atoms with van der Waals surface area (Å²) in [7, 11) is 0. The summed E-state index contributed by atoms with van der Waals surface area (Å²) in [6.45, 7) is 5.75. The molecule has 0 aromatic carbocycles. The number of halogens is 3. The fourth-order valence-corrected chi connectivity index (χ4v) is 4.19. The molecule has 1 unspecified atom stereocenters. The molecule has 2 fully saturated rings. The predicted molar refractivity (Wildman–Crippen MR) is 86.7 cm³/mol. The Morgan fingerprint density at radius 2 is 2.21 bits per heavy atom. The minimum atomic E-state index is 0. The second kappa shape index (κ2) is 6.39. The smallest absolute Gasteiger partial charge is 0.0686 e. The first-order chi connectivity index (χ1) is 8.67. The lowest BCUT2D eigenvalue weighted by atomic mass is 9.87. The molecule has 2 aliphatic heterocycles. The van der Waals surface area contributed by atoms with Crippen molar-refractivity contribution in [2.75, 3.05) is 26.2 Å². The monoisotopic (exact) mass is 409 g/mol. The average molecular weight is 412 g/mol. The highest BCUT2D eigenvalue weighted by Crippen LogP contribution is 2.36. The second-order valence-corrected chi connectivity index (χ2v) is 7.24. The van der Waals surface area contributed by atoms with E-state index >= 15 is 0 Å². The molecule has 106 valence electrons. The number of pyridine rings is 1. The van der Waals surface area contributed by atoms with E-state index in [2.05, 4.69) is 53.1 Å². The van der Waals surface area contributed by atoms with Gasteiger partial charge >= 0.3 is 0 Å². The van der Waals surface area contributed by atoms with Gasteiger partial charge in [0.1, 0.15) is 0 Å². The lowest BCUT2D eigenvalue weighted by Gasteiger charge is -2.22. The highest BCUT2D eigenvalue weighted by atomic mass is 79.9. The zero-order chi connectivity index (χ0) is 12.6. The van der Waals surface area contributed by atoms with Crippen molar-refractivity contribution in [3.05, 3.63) is 26.9 Å². The Morgan fingerprint density at radius 3 is 2.89 bits per heavy atom. The van der Waals surface area contributed by atoms with Gasteiger partial charge in [-0.1, -0.05) is 0 Å². The van der Waals surface area contributed by atoms with Crippen LogP contribution in [0.1, 0.15) is 18.5 Å². The lowest BCUT2D eigenvalue weighted by Crippen LogP contribution is -2.29. The molecule has 2 aliphatic rings. The van der Waals surface area contributed by atoms with E-state index in [-0.39, 0.29) is 12.4 Å². The van der Waals surface area contributed by atoms with E-state index in [0.29, 0.717) is 5.41 Å². The maximum absolute atomic E-state index is 4.51. The third-order valence-electron chi connectivity index (χ3n) is 4.11. The number of likely N-dealkylation sites (tertiary alicyclic amines) is 1. The van der Waals surface area contributed by atoms with E-state index in [1.165, 1.54) is 39.0 Å². The summed E-state index contributed by atoms with van der Waals surface area (Å²) in [5, 5.41) is 3.50. The van der Waals surface area contributed by atoms with Gasteiger partial charge < -0.3 is 5.32 Å². The standard InChI is InChI=1S/C13H17Br2N3.ClH/c14-10-5-11(15)12(17-6-10)7-18-4-2-13(9-18)1-3-16-8-13;/h5-6,16H,1-4,7-9H2;1H. The van der Waals surface area contributed by atoms with Crippen LogP contribution in [0.3, 0.4) is 0 Å². The molecular formula is C13H18Br2ClN3. The van der Waals surface area contributed by atoms with E-state index in [1.807, 2.05) is 6.20 Å². The molecule has 1 aromatic heterocycles. The fourth-order valence-electron chi connectivity index (χ4n) is 3.08. The van der Waals surface area contributed by atoms with Gasteiger partial charge in [-0.2, -0.15) is 0 Å². The Bertz CT molecular complexity index is 450. The minimum Gasteiger partial charge on any atom is -0.316 e. The number of nitrogens with one attached hydrogen (secondary N) is 1. The Morgan fingerprint density at radius 1 is 1.37 bits per heavy atom. The number of hydrogen-bond acceptors (Lipinski definition) is 3. The molecule has 0 saturated carbocycles. The Balaban J connectivity index is 0.00000133. The van der Waals surface area contributed by atoms with Crippen LogP contribution in [0.4, 0.5) is 0 Å². The average Bonchev–Trinajstić information content (AvgIpc) is 2.94. The van der Waals surface area contributed by atoms with Crippen LogP contribution in [0.25, 0.3) is 0 Å². The molecule has 3 heterocycles. The molecule has 1 spiro atoms. The lowest BCUT2D eigenvalue weighted by molar-refractivity contribution is 0.266. The van der Waals surface area contributed by atoms with Crippen molar-refractivity contribution in [3.8, 4) is 0 Å². The molecule has 2 saturated heterocycles. The first kappa shape index (κ1) is 15.7. The van der Waals surface area contributed by atoms with Crippen LogP contribution in [-0.4, -0.2) is 36.1 Å². The molecule has 0 amide bonds. The third kappa shape index (κ3) is 3.50. The summed E-state index contributed by atoms with van der Waals surface area (Å²) in [5.74, 6) is 0.